The van der Waals surface area contributed by atoms with Crippen molar-refractivity contribution in [1.29, 1.82) is 0 Å². The molecular weight excluding hydrogens is 444 g/mol. The first-order valence-corrected chi connectivity index (χ1v) is 12.4. The summed E-state index contributed by atoms with van der Waals surface area (Å²) in [5.41, 5.74) is 4.43. The molecule has 10 nitrogen and oxygen atoms in total. The standard InChI is InChI=1S/C25H30N8O2/c1-3-19(4-2)31-12-18(10-28-31)24-23-5-6-26-33(23)15-22(29-24)17-9-27-32(11-17)20-13-30(14-20)25(35)16-7-21(34)8-16/h5-6,9-12,15-16,19-21,34H,3-4,7-8,13-14H2,1-2H3/t16-,21+. The number of likely N-dealkylation sites (tertiary alicyclic amines) is 1. The second-order valence-electron chi connectivity index (χ2n) is 9.74. The molecule has 0 spiro atoms. The Hall–Kier alpha value is -3.53. The SMILES string of the molecule is CCC(CC)n1cc(-c2nc(-c3cnn(C4CN(C(=O)[C@H]5C[C@@H](O)C5)C4)c3)cn3nccc23)cn1. The fraction of sp³-hybridized carbons (Fsp3) is 0.480. The lowest BCUT2D eigenvalue weighted by atomic mass is 9.81. The van der Waals surface area contributed by atoms with Crippen LogP contribution in [0.15, 0.2) is 43.2 Å². The van der Waals surface area contributed by atoms with Gasteiger partial charge in [-0.3, -0.25) is 14.2 Å². The topological polar surface area (TPSA) is 106 Å². The van der Waals surface area contributed by atoms with Crippen molar-refractivity contribution in [3.8, 4) is 22.5 Å². The van der Waals surface area contributed by atoms with Crippen molar-refractivity contribution in [2.24, 2.45) is 5.92 Å². The zero-order valence-corrected chi connectivity index (χ0v) is 20.0. The molecule has 6 rings (SSSR count). The van der Waals surface area contributed by atoms with E-state index in [1.54, 1.807) is 6.20 Å². The van der Waals surface area contributed by atoms with E-state index in [0.29, 0.717) is 32.0 Å². The van der Waals surface area contributed by atoms with Crippen molar-refractivity contribution in [3.05, 3.63) is 43.2 Å². The Labute approximate surface area is 203 Å². The Kier molecular flexibility index (Phi) is 5.40. The summed E-state index contributed by atoms with van der Waals surface area (Å²) in [6.45, 7) is 5.66. The Morgan fingerprint density at radius 3 is 2.57 bits per heavy atom. The Morgan fingerprint density at radius 1 is 1.06 bits per heavy atom. The molecule has 4 aromatic rings. The van der Waals surface area contributed by atoms with E-state index in [9.17, 15) is 9.90 Å². The minimum absolute atomic E-state index is 0.0168. The van der Waals surface area contributed by atoms with Gasteiger partial charge in [-0.2, -0.15) is 15.3 Å². The van der Waals surface area contributed by atoms with Crippen LogP contribution in [0.25, 0.3) is 28.0 Å². The average Bonchev–Trinajstić information content (AvgIpc) is 3.56. The number of hydrogen-bond donors (Lipinski definition) is 1. The van der Waals surface area contributed by atoms with Gasteiger partial charge in [-0.05, 0) is 31.7 Å². The van der Waals surface area contributed by atoms with Gasteiger partial charge in [-0.25, -0.2) is 9.50 Å². The van der Waals surface area contributed by atoms with Gasteiger partial charge in [0.15, 0.2) is 0 Å². The summed E-state index contributed by atoms with van der Waals surface area (Å²) in [5, 5.41) is 23.1. The Balaban J connectivity index is 1.23. The van der Waals surface area contributed by atoms with E-state index in [-0.39, 0.29) is 24.0 Å². The third-order valence-electron chi connectivity index (χ3n) is 7.49. The Bertz CT molecular complexity index is 1350. The van der Waals surface area contributed by atoms with E-state index < -0.39 is 0 Å². The minimum atomic E-state index is -0.312. The van der Waals surface area contributed by atoms with Crippen LogP contribution < -0.4 is 0 Å². The third kappa shape index (κ3) is 3.81. The van der Waals surface area contributed by atoms with Crippen LogP contribution in [0.1, 0.15) is 51.6 Å². The molecule has 35 heavy (non-hydrogen) atoms. The van der Waals surface area contributed by atoms with Gasteiger partial charge in [0.05, 0.1) is 59.9 Å². The van der Waals surface area contributed by atoms with Gasteiger partial charge >= 0.3 is 0 Å². The van der Waals surface area contributed by atoms with E-state index in [1.807, 2.05) is 49.6 Å². The van der Waals surface area contributed by atoms with E-state index in [4.69, 9.17) is 4.98 Å². The molecule has 1 aliphatic heterocycles. The first kappa shape index (κ1) is 22.0. The molecule has 1 saturated heterocycles. The summed E-state index contributed by atoms with van der Waals surface area (Å²) in [6.07, 6.45) is 14.4. The lowest BCUT2D eigenvalue weighted by Gasteiger charge is -2.43. The quantitative estimate of drug-likeness (QED) is 0.441. The van der Waals surface area contributed by atoms with E-state index in [0.717, 1.165) is 40.9 Å². The van der Waals surface area contributed by atoms with Gasteiger partial charge < -0.3 is 10.0 Å². The molecule has 10 heteroatoms. The molecule has 2 aliphatic rings. The molecule has 1 N–H and O–H groups in total. The predicted octanol–water partition coefficient (Wildman–Crippen LogP) is 2.97. The van der Waals surface area contributed by atoms with Crippen LogP contribution >= 0.6 is 0 Å². The minimum Gasteiger partial charge on any atom is -0.393 e. The molecule has 0 unspecified atom stereocenters. The average molecular weight is 475 g/mol. The number of hydrogen-bond acceptors (Lipinski definition) is 6. The highest BCUT2D eigenvalue weighted by atomic mass is 16.3. The maximum absolute atomic E-state index is 12.5. The molecular formula is C25H30N8O2. The van der Waals surface area contributed by atoms with Gasteiger partial charge in [-0.15, -0.1) is 0 Å². The van der Waals surface area contributed by atoms with Crippen molar-refractivity contribution in [2.75, 3.05) is 13.1 Å². The summed E-state index contributed by atoms with van der Waals surface area (Å²) >= 11 is 0. The van der Waals surface area contributed by atoms with Crippen molar-refractivity contribution in [3.63, 3.8) is 0 Å². The van der Waals surface area contributed by atoms with E-state index >= 15 is 0 Å². The fourth-order valence-corrected chi connectivity index (χ4v) is 5.12. The highest BCUT2D eigenvalue weighted by Crippen LogP contribution is 2.33. The summed E-state index contributed by atoms with van der Waals surface area (Å²) in [6, 6.07) is 2.49. The number of rotatable bonds is 7. The second kappa shape index (κ2) is 8.60. The molecule has 1 saturated carbocycles. The molecule has 1 amide bonds. The van der Waals surface area contributed by atoms with Crippen LogP contribution in [0.3, 0.4) is 0 Å². The highest BCUT2D eigenvalue weighted by Gasteiger charge is 2.40. The smallest absolute Gasteiger partial charge is 0.226 e. The number of aromatic nitrogens is 7. The first-order valence-electron chi connectivity index (χ1n) is 12.4. The molecule has 2 fully saturated rings. The molecule has 182 valence electrons. The maximum Gasteiger partial charge on any atom is 0.226 e. The van der Waals surface area contributed by atoms with Gasteiger partial charge in [0.1, 0.15) is 0 Å². The molecule has 0 radical (unpaired) electrons. The molecule has 1 aliphatic carbocycles. The van der Waals surface area contributed by atoms with Gasteiger partial charge in [0.25, 0.3) is 0 Å². The van der Waals surface area contributed by atoms with E-state index in [2.05, 4.69) is 35.3 Å². The molecule has 0 atom stereocenters. The molecule has 5 heterocycles. The lowest BCUT2D eigenvalue weighted by molar-refractivity contribution is -0.148. The van der Waals surface area contributed by atoms with Crippen LogP contribution in [0.4, 0.5) is 0 Å². The number of aliphatic hydroxyl groups excluding tert-OH is 1. The van der Waals surface area contributed by atoms with Crippen molar-refractivity contribution >= 4 is 11.4 Å². The monoisotopic (exact) mass is 474 g/mol. The van der Waals surface area contributed by atoms with Crippen LogP contribution in [0.2, 0.25) is 0 Å². The fourth-order valence-electron chi connectivity index (χ4n) is 5.12. The molecule has 0 bridgehead atoms. The van der Waals surface area contributed by atoms with Crippen molar-refractivity contribution < 1.29 is 9.90 Å². The molecule has 4 aromatic heterocycles. The zero-order chi connectivity index (χ0) is 24.1. The van der Waals surface area contributed by atoms with Gasteiger partial charge in [0, 0.05) is 42.5 Å². The number of amides is 1. The maximum atomic E-state index is 12.5. The highest BCUT2D eigenvalue weighted by molar-refractivity contribution is 5.81. The number of nitrogens with zero attached hydrogens (tertiary/aromatic N) is 8. The normalized spacial score (nSPS) is 20.4. The number of aliphatic hydroxyl groups is 1. The van der Waals surface area contributed by atoms with Crippen LogP contribution in [-0.2, 0) is 4.79 Å². The number of carbonyl (C=O) groups is 1. The van der Waals surface area contributed by atoms with Crippen molar-refractivity contribution in [2.45, 2.75) is 57.7 Å². The molecule has 0 aromatic carbocycles. The number of carbonyl (C=O) groups excluding carboxylic acids is 1. The first-order chi connectivity index (χ1) is 17.0. The van der Waals surface area contributed by atoms with Gasteiger partial charge in [-0.1, -0.05) is 13.8 Å². The summed E-state index contributed by atoms with van der Waals surface area (Å²) < 4.78 is 5.80. The zero-order valence-electron chi connectivity index (χ0n) is 20.0. The van der Waals surface area contributed by atoms with Crippen LogP contribution in [0, 0.1) is 5.92 Å². The predicted molar refractivity (Wildman–Crippen MR) is 129 cm³/mol. The van der Waals surface area contributed by atoms with Crippen molar-refractivity contribution in [1.82, 2.24) is 39.1 Å². The third-order valence-corrected chi connectivity index (χ3v) is 7.49. The second-order valence-corrected chi connectivity index (χ2v) is 9.74. The summed E-state index contributed by atoms with van der Waals surface area (Å²) in [5.74, 6) is 0.139. The van der Waals surface area contributed by atoms with E-state index in [1.165, 1.54) is 0 Å². The largest absolute Gasteiger partial charge is 0.393 e. The van der Waals surface area contributed by atoms with Crippen LogP contribution in [-0.4, -0.2) is 69.3 Å². The Morgan fingerprint density at radius 2 is 1.83 bits per heavy atom. The number of fused-ring (bicyclic) bond motifs is 1. The summed E-state index contributed by atoms with van der Waals surface area (Å²) in [7, 11) is 0. The van der Waals surface area contributed by atoms with Gasteiger partial charge in [0.2, 0.25) is 5.91 Å². The summed E-state index contributed by atoms with van der Waals surface area (Å²) in [4.78, 5) is 19.3. The lowest BCUT2D eigenvalue weighted by Crippen LogP contribution is -2.55. The van der Waals surface area contributed by atoms with Crippen LogP contribution in [0.5, 0.6) is 0 Å².